The van der Waals surface area contributed by atoms with E-state index in [1.54, 1.807) is 0 Å². The van der Waals surface area contributed by atoms with Crippen molar-refractivity contribution in [2.24, 2.45) is 5.73 Å². The number of benzene rings is 2. The molecule has 108 valence electrons. The molecule has 0 fully saturated rings. The molecular weight excluding hydrogens is 280 g/mol. The van der Waals surface area contributed by atoms with Crippen molar-refractivity contribution in [3.05, 3.63) is 70.9 Å². The highest BCUT2D eigenvalue weighted by atomic mass is 35.5. The highest BCUT2D eigenvalue weighted by molar-refractivity contribution is 6.30. The minimum atomic E-state index is 0.162. The van der Waals surface area contributed by atoms with Gasteiger partial charge in [-0.2, -0.15) is 0 Å². The van der Waals surface area contributed by atoms with Gasteiger partial charge in [-0.3, -0.25) is 0 Å². The summed E-state index contributed by atoms with van der Waals surface area (Å²) in [5, 5.41) is 2.04. The fourth-order valence-corrected chi connectivity index (χ4v) is 2.90. The van der Waals surface area contributed by atoms with Crippen molar-refractivity contribution in [1.29, 1.82) is 0 Å². The molecule has 1 heterocycles. The van der Waals surface area contributed by atoms with Crippen molar-refractivity contribution >= 4 is 22.5 Å². The molecule has 2 aromatic carbocycles. The third-order valence-electron chi connectivity index (χ3n) is 3.68. The van der Waals surface area contributed by atoms with Crippen LogP contribution in [0.1, 0.15) is 18.1 Å². The molecule has 0 aliphatic rings. The maximum atomic E-state index is 5.98. The van der Waals surface area contributed by atoms with E-state index < -0.39 is 0 Å². The summed E-state index contributed by atoms with van der Waals surface area (Å²) < 4.78 is 2.29. The third-order valence-corrected chi connectivity index (χ3v) is 3.93. The Morgan fingerprint density at radius 2 is 1.86 bits per heavy atom. The van der Waals surface area contributed by atoms with Crippen LogP contribution < -0.4 is 5.73 Å². The molecule has 0 amide bonds. The zero-order chi connectivity index (χ0) is 14.8. The largest absolute Gasteiger partial charge is 0.343 e. The number of hydrogen-bond donors (Lipinski definition) is 1. The molecule has 3 heteroatoms. The first kappa shape index (κ1) is 14.2. The van der Waals surface area contributed by atoms with E-state index in [4.69, 9.17) is 17.3 Å². The van der Waals surface area contributed by atoms with Crippen LogP contribution in [-0.4, -0.2) is 10.6 Å². The lowest BCUT2D eigenvalue weighted by Crippen LogP contribution is -2.18. The first-order valence-corrected chi connectivity index (χ1v) is 7.58. The van der Waals surface area contributed by atoms with Gasteiger partial charge in [0.2, 0.25) is 0 Å². The molecule has 0 bridgehead atoms. The van der Waals surface area contributed by atoms with Gasteiger partial charge in [0.05, 0.1) is 5.52 Å². The van der Waals surface area contributed by atoms with Crippen LogP contribution in [0.3, 0.4) is 0 Å². The average Bonchev–Trinajstić information content (AvgIpc) is 2.85. The summed E-state index contributed by atoms with van der Waals surface area (Å²) >= 11 is 5.95. The molecule has 1 unspecified atom stereocenters. The number of para-hydroxylation sites is 1. The van der Waals surface area contributed by atoms with E-state index in [1.165, 1.54) is 22.0 Å². The normalized spacial score (nSPS) is 12.7. The first-order valence-electron chi connectivity index (χ1n) is 7.20. The monoisotopic (exact) mass is 298 g/mol. The van der Waals surface area contributed by atoms with Gasteiger partial charge in [0.15, 0.2) is 0 Å². The van der Waals surface area contributed by atoms with Crippen molar-refractivity contribution < 1.29 is 0 Å². The van der Waals surface area contributed by atoms with Gasteiger partial charge in [-0.15, -0.1) is 0 Å². The van der Waals surface area contributed by atoms with Crippen molar-refractivity contribution in [3.8, 4) is 0 Å². The predicted octanol–water partition coefficient (Wildman–Crippen LogP) is 4.23. The molecular formula is C18H19ClN2. The average molecular weight is 299 g/mol. The minimum Gasteiger partial charge on any atom is -0.343 e. The van der Waals surface area contributed by atoms with E-state index in [1.807, 2.05) is 19.1 Å². The smallest absolute Gasteiger partial charge is 0.0516 e. The van der Waals surface area contributed by atoms with Crippen LogP contribution in [0.25, 0.3) is 10.9 Å². The van der Waals surface area contributed by atoms with E-state index in [2.05, 4.69) is 47.2 Å². The van der Waals surface area contributed by atoms with Gasteiger partial charge in [0.1, 0.15) is 0 Å². The maximum absolute atomic E-state index is 5.98. The van der Waals surface area contributed by atoms with Gasteiger partial charge in [0.25, 0.3) is 0 Å². The van der Waals surface area contributed by atoms with Crippen LogP contribution in [0, 0.1) is 0 Å². The number of rotatable bonds is 4. The fourth-order valence-electron chi connectivity index (χ4n) is 2.77. The predicted molar refractivity (Wildman–Crippen MR) is 89.8 cm³/mol. The second-order valence-corrected chi connectivity index (χ2v) is 6.04. The Morgan fingerprint density at radius 3 is 2.57 bits per heavy atom. The van der Waals surface area contributed by atoms with E-state index >= 15 is 0 Å². The number of hydrogen-bond acceptors (Lipinski definition) is 1. The van der Waals surface area contributed by atoms with E-state index in [0.717, 1.165) is 18.0 Å². The lowest BCUT2D eigenvalue weighted by atomic mass is 10.0. The molecule has 3 aromatic rings. The minimum absolute atomic E-state index is 0.162. The fraction of sp³-hybridized carbons (Fsp3) is 0.222. The summed E-state index contributed by atoms with van der Waals surface area (Å²) in [5.74, 6) is 0. The van der Waals surface area contributed by atoms with Gasteiger partial charge >= 0.3 is 0 Å². The van der Waals surface area contributed by atoms with Crippen LogP contribution in [-0.2, 0) is 13.0 Å². The lowest BCUT2D eigenvalue weighted by molar-refractivity contribution is 0.735. The summed E-state index contributed by atoms with van der Waals surface area (Å²) in [6.45, 7) is 2.89. The molecule has 1 aromatic heterocycles. The Bertz CT molecular complexity index is 742. The summed E-state index contributed by atoms with van der Waals surface area (Å²) in [6.07, 6.45) is 3.03. The molecule has 0 saturated heterocycles. The highest BCUT2D eigenvalue weighted by Crippen LogP contribution is 2.23. The van der Waals surface area contributed by atoms with Gasteiger partial charge in [-0.25, -0.2) is 0 Å². The maximum Gasteiger partial charge on any atom is 0.0516 e. The van der Waals surface area contributed by atoms with Crippen molar-refractivity contribution in [1.82, 2.24) is 4.57 Å². The Kier molecular flexibility index (Phi) is 4.00. The standard InChI is InChI=1S/C18H19ClN2/c1-13(20)11-16-4-2-3-15-9-10-21(18(15)16)12-14-5-7-17(19)8-6-14/h2-10,13H,11-12,20H2,1H3. The Hall–Kier alpha value is -1.77. The second kappa shape index (κ2) is 5.92. The van der Waals surface area contributed by atoms with Gasteiger partial charge in [0, 0.05) is 23.8 Å². The molecule has 2 N–H and O–H groups in total. The summed E-state index contributed by atoms with van der Waals surface area (Å²) in [4.78, 5) is 0. The molecule has 0 spiro atoms. The SMILES string of the molecule is CC(N)Cc1cccc2ccn(Cc3ccc(Cl)cc3)c12. The Morgan fingerprint density at radius 1 is 1.10 bits per heavy atom. The molecule has 0 aliphatic carbocycles. The van der Waals surface area contributed by atoms with Crippen LogP contribution in [0.15, 0.2) is 54.7 Å². The molecule has 1 atom stereocenters. The molecule has 2 nitrogen and oxygen atoms in total. The van der Waals surface area contributed by atoms with Crippen LogP contribution >= 0.6 is 11.6 Å². The Labute approximate surface area is 130 Å². The highest BCUT2D eigenvalue weighted by Gasteiger charge is 2.08. The quantitative estimate of drug-likeness (QED) is 0.767. The molecule has 0 aliphatic heterocycles. The number of aromatic nitrogens is 1. The molecule has 21 heavy (non-hydrogen) atoms. The number of halogens is 1. The zero-order valence-corrected chi connectivity index (χ0v) is 12.8. The van der Waals surface area contributed by atoms with E-state index in [0.29, 0.717) is 0 Å². The van der Waals surface area contributed by atoms with Gasteiger partial charge in [-0.1, -0.05) is 41.9 Å². The summed E-state index contributed by atoms with van der Waals surface area (Å²) in [6, 6.07) is 16.8. The second-order valence-electron chi connectivity index (χ2n) is 5.61. The van der Waals surface area contributed by atoms with Crippen molar-refractivity contribution in [3.63, 3.8) is 0 Å². The topological polar surface area (TPSA) is 30.9 Å². The lowest BCUT2D eigenvalue weighted by Gasteiger charge is -2.12. The third kappa shape index (κ3) is 3.12. The number of nitrogens with zero attached hydrogens (tertiary/aromatic N) is 1. The van der Waals surface area contributed by atoms with Gasteiger partial charge < -0.3 is 10.3 Å². The van der Waals surface area contributed by atoms with E-state index in [9.17, 15) is 0 Å². The molecule has 0 radical (unpaired) electrons. The number of fused-ring (bicyclic) bond motifs is 1. The van der Waals surface area contributed by atoms with Gasteiger partial charge in [-0.05, 0) is 48.1 Å². The number of nitrogens with two attached hydrogens (primary N) is 1. The zero-order valence-electron chi connectivity index (χ0n) is 12.1. The summed E-state index contributed by atoms with van der Waals surface area (Å²) in [7, 11) is 0. The first-order chi connectivity index (χ1) is 10.1. The van der Waals surface area contributed by atoms with Crippen LogP contribution in [0.5, 0.6) is 0 Å². The molecule has 0 saturated carbocycles. The summed E-state index contributed by atoms with van der Waals surface area (Å²) in [5.41, 5.74) is 9.81. The Balaban J connectivity index is 2.00. The van der Waals surface area contributed by atoms with E-state index in [-0.39, 0.29) is 6.04 Å². The van der Waals surface area contributed by atoms with Crippen LogP contribution in [0.2, 0.25) is 5.02 Å². The van der Waals surface area contributed by atoms with Crippen LogP contribution in [0.4, 0.5) is 0 Å². The van der Waals surface area contributed by atoms with Crippen molar-refractivity contribution in [2.45, 2.75) is 25.9 Å². The van der Waals surface area contributed by atoms with Crippen molar-refractivity contribution in [2.75, 3.05) is 0 Å². The molecule has 3 rings (SSSR count).